The van der Waals surface area contributed by atoms with Gasteiger partial charge in [0.25, 0.3) is 5.91 Å². The van der Waals surface area contributed by atoms with Crippen LogP contribution in [-0.2, 0) is 11.3 Å². The first-order valence-corrected chi connectivity index (χ1v) is 9.88. The summed E-state index contributed by atoms with van der Waals surface area (Å²) in [6, 6.07) is 15.8. The van der Waals surface area contributed by atoms with Crippen molar-refractivity contribution in [1.82, 2.24) is 10.1 Å². The first kappa shape index (κ1) is 19.5. The normalized spacial score (nSPS) is 16.1. The summed E-state index contributed by atoms with van der Waals surface area (Å²) < 4.78 is 11.1. The molecule has 1 aliphatic rings. The highest BCUT2D eigenvalue weighted by atomic mass is 35.5. The zero-order valence-corrected chi connectivity index (χ0v) is 16.5. The molecule has 1 fully saturated rings. The van der Waals surface area contributed by atoms with Gasteiger partial charge in [0.2, 0.25) is 5.76 Å². The fourth-order valence-electron chi connectivity index (χ4n) is 3.42. The maximum absolute atomic E-state index is 13.2. The van der Waals surface area contributed by atoms with Crippen LogP contribution in [0, 0.1) is 0 Å². The summed E-state index contributed by atoms with van der Waals surface area (Å²) in [6.07, 6.45) is 1.85. The number of amides is 1. The molecule has 1 aromatic heterocycles. The predicted molar refractivity (Wildman–Crippen MR) is 109 cm³/mol. The van der Waals surface area contributed by atoms with Crippen LogP contribution in [0.1, 0.15) is 29.0 Å². The summed E-state index contributed by atoms with van der Waals surface area (Å²) in [6.45, 7) is 1.36. The van der Waals surface area contributed by atoms with Crippen LogP contribution < -0.4 is 0 Å². The van der Waals surface area contributed by atoms with E-state index in [9.17, 15) is 9.90 Å². The van der Waals surface area contributed by atoms with Gasteiger partial charge in [0.15, 0.2) is 0 Å². The number of hydrogen-bond donors (Lipinski definition) is 1. The first-order chi connectivity index (χ1) is 14.1. The Labute approximate surface area is 173 Å². The molecule has 6 nitrogen and oxygen atoms in total. The molecule has 0 radical (unpaired) electrons. The number of nitrogens with zero attached hydrogens (tertiary/aromatic N) is 2. The van der Waals surface area contributed by atoms with E-state index in [0.29, 0.717) is 29.4 Å². The largest absolute Gasteiger partial charge is 0.508 e. The van der Waals surface area contributed by atoms with E-state index in [1.54, 1.807) is 41.3 Å². The van der Waals surface area contributed by atoms with Crippen LogP contribution in [0.3, 0.4) is 0 Å². The molecule has 0 saturated carbocycles. The monoisotopic (exact) mass is 412 g/mol. The number of aromatic hydroxyl groups is 1. The van der Waals surface area contributed by atoms with Crippen molar-refractivity contribution in [3.8, 4) is 17.0 Å². The second-order valence-electron chi connectivity index (χ2n) is 7.04. The van der Waals surface area contributed by atoms with Crippen molar-refractivity contribution in [2.24, 2.45) is 0 Å². The lowest BCUT2D eigenvalue weighted by molar-refractivity contribution is 0.0475. The molecular weight excluding hydrogens is 392 g/mol. The number of para-hydroxylation sites is 1. The molecule has 2 aromatic carbocycles. The highest BCUT2D eigenvalue weighted by molar-refractivity contribution is 6.30. The molecule has 1 unspecified atom stereocenters. The average molecular weight is 413 g/mol. The Bertz CT molecular complexity index is 998. The van der Waals surface area contributed by atoms with E-state index in [2.05, 4.69) is 5.16 Å². The van der Waals surface area contributed by atoms with Crippen molar-refractivity contribution >= 4 is 17.5 Å². The van der Waals surface area contributed by atoms with Crippen molar-refractivity contribution in [3.63, 3.8) is 0 Å². The standard InChI is InChI=1S/C22H21ClN2O4/c23-17-7-3-6-15(11-17)19-12-21(29-24-19)22(27)25(14-18-8-4-10-28-18)13-16-5-1-2-9-20(16)26/h1-3,5-7,9,11-12,18,26H,4,8,10,13-14H2. The third kappa shape index (κ3) is 4.60. The molecule has 29 heavy (non-hydrogen) atoms. The van der Waals surface area contributed by atoms with Crippen LogP contribution in [0.2, 0.25) is 5.02 Å². The zero-order valence-electron chi connectivity index (χ0n) is 15.8. The number of hydrogen-bond acceptors (Lipinski definition) is 5. The minimum atomic E-state index is -0.301. The number of rotatable bonds is 6. The predicted octanol–water partition coefficient (Wildman–Crippen LogP) is 4.52. The van der Waals surface area contributed by atoms with E-state index in [0.717, 1.165) is 18.4 Å². The fraction of sp³-hybridized carbons (Fsp3) is 0.273. The Morgan fingerprint density at radius 1 is 1.21 bits per heavy atom. The number of phenols is 1. The van der Waals surface area contributed by atoms with Gasteiger partial charge < -0.3 is 19.3 Å². The third-order valence-corrected chi connectivity index (χ3v) is 5.16. The third-order valence-electron chi connectivity index (χ3n) is 4.93. The molecule has 2 heterocycles. The van der Waals surface area contributed by atoms with Crippen LogP contribution >= 0.6 is 11.6 Å². The van der Waals surface area contributed by atoms with E-state index < -0.39 is 0 Å². The molecule has 1 saturated heterocycles. The average Bonchev–Trinajstić information content (AvgIpc) is 3.41. The lowest BCUT2D eigenvalue weighted by Crippen LogP contribution is -2.36. The minimum absolute atomic E-state index is 0.0277. The lowest BCUT2D eigenvalue weighted by atomic mass is 10.1. The Morgan fingerprint density at radius 2 is 2.07 bits per heavy atom. The SMILES string of the molecule is O=C(c1cc(-c2cccc(Cl)c2)no1)N(Cc1ccccc1O)CC1CCCO1. The van der Waals surface area contributed by atoms with Crippen LogP contribution in [0.5, 0.6) is 5.75 Å². The van der Waals surface area contributed by atoms with Crippen molar-refractivity contribution in [3.05, 3.63) is 70.9 Å². The number of benzene rings is 2. The van der Waals surface area contributed by atoms with E-state index >= 15 is 0 Å². The van der Waals surface area contributed by atoms with Gasteiger partial charge in [-0.05, 0) is 31.0 Å². The number of halogens is 1. The van der Waals surface area contributed by atoms with Gasteiger partial charge in [-0.25, -0.2) is 0 Å². The first-order valence-electron chi connectivity index (χ1n) is 9.50. The van der Waals surface area contributed by atoms with E-state index in [4.69, 9.17) is 20.9 Å². The van der Waals surface area contributed by atoms with Crippen LogP contribution in [0.25, 0.3) is 11.3 Å². The number of carbonyl (C=O) groups excluding carboxylic acids is 1. The topological polar surface area (TPSA) is 75.8 Å². The number of aromatic nitrogens is 1. The molecule has 0 bridgehead atoms. The number of phenolic OH excluding ortho intramolecular Hbond substituents is 1. The summed E-state index contributed by atoms with van der Waals surface area (Å²) in [5.41, 5.74) is 1.97. The van der Waals surface area contributed by atoms with Crippen molar-refractivity contribution in [2.45, 2.75) is 25.5 Å². The fourth-order valence-corrected chi connectivity index (χ4v) is 3.61. The quantitative estimate of drug-likeness (QED) is 0.644. The van der Waals surface area contributed by atoms with Crippen molar-refractivity contribution in [2.75, 3.05) is 13.2 Å². The zero-order chi connectivity index (χ0) is 20.2. The maximum Gasteiger partial charge on any atom is 0.292 e. The van der Waals surface area contributed by atoms with Gasteiger partial charge in [0, 0.05) is 41.9 Å². The summed E-state index contributed by atoms with van der Waals surface area (Å²) in [5, 5.41) is 14.7. The molecule has 1 aliphatic heterocycles. The summed E-state index contributed by atoms with van der Waals surface area (Å²) in [7, 11) is 0. The minimum Gasteiger partial charge on any atom is -0.508 e. The second kappa shape index (κ2) is 8.68. The van der Waals surface area contributed by atoms with E-state index in [1.807, 2.05) is 18.2 Å². The van der Waals surface area contributed by atoms with E-state index in [1.165, 1.54) is 0 Å². The molecule has 3 aromatic rings. The summed E-state index contributed by atoms with van der Waals surface area (Å²) in [5.74, 6) is -0.0206. The van der Waals surface area contributed by atoms with Gasteiger partial charge in [-0.15, -0.1) is 0 Å². The molecule has 150 valence electrons. The Balaban J connectivity index is 1.58. The lowest BCUT2D eigenvalue weighted by Gasteiger charge is -2.24. The Hall–Kier alpha value is -2.83. The molecular formula is C22H21ClN2O4. The van der Waals surface area contributed by atoms with Gasteiger partial charge in [0.1, 0.15) is 11.4 Å². The summed E-state index contributed by atoms with van der Waals surface area (Å²) >= 11 is 6.04. The Kier molecular flexibility index (Phi) is 5.83. The highest BCUT2D eigenvalue weighted by Gasteiger charge is 2.27. The van der Waals surface area contributed by atoms with Crippen LogP contribution in [-0.4, -0.2) is 40.3 Å². The van der Waals surface area contributed by atoms with Crippen LogP contribution in [0.15, 0.2) is 59.1 Å². The van der Waals surface area contributed by atoms with Crippen molar-refractivity contribution in [1.29, 1.82) is 0 Å². The molecule has 0 aliphatic carbocycles. The number of ether oxygens (including phenoxy) is 1. The molecule has 1 atom stereocenters. The van der Waals surface area contributed by atoms with Crippen molar-refractivity contribution < 1.29 is 19.2 Å². The van der Waals surface area contributed by atoms with Gasteiger partial charge in [-0.3, -0.25) is 4.79 Å². The van der Waals surface area contributed by atoms with Gasteiger partial charge >= 0.3 is 0 Å². The smallest absolute Gasteiger partial charge is 0.292 e. The van der Waals surface area contributed by atoms with Gasteiger partial charge in [0.05, 0.1) is 6.10 Å². The molecule has 0 spiro atoms. The molecule has 4 rings (SSSR count). The summed E-state index contributed by atoms with van der Waals surface area (Å²) in [4.78, 5) is 14.8. The van der Waals surface area contributed by atoms with Crippen LogP contribution in [0.4, 0.5) is 0 Å². The second-order valence-corrected chi connectivity index (χ2v) is 7.47. The van der Waals surface area contributed by atoms with Gasteiger partial charge in [-0.1, -0.05) is 47.1 Å². The van der Waals surface area contributed by atoms with Gasteiger partial charge in [-0.2, -0.15) is 0 Å². The molecule has 7 heteroatoms. The molecule has 1 N–H and O–H groups in total. The maximum atomic E-state index is 13.2. The Morgan fingerprint density at radius 3 is 2.83 bits per heavy atom. The highest BCUT2D eigenvalue weighted by Crippen LogP contribution is 2.25. The van der Waals surface area contributed by atoms with E-state index in [-0.39, 0.29) is 30.1 Å². The molecule has 1 amide bonds. The number of carbonyl (C=O) groups is 1.